The van der Waals surface area contributed by atoms with E-state index >= 15 is 0 Å². The lowest BCUT2D eigenvalue weighted by Crippen LogP contribution is -2.39. The maximum atomic E-state index is 12.0. The number of Topliss-reactive ketones (excluding diaryl/α,β-unsaturated/α-hetero) is 1. The summed E-state index contributed by atoms with van der Waals surface area (Å²) in [6, 6.07) is 0.174. The second-order valence-electron chi connectivity index (χ2n) is 8.09. The summed E-state index contributed by atoms with van der Waals surface area (Å²) < 4.78 is 10.8. The molecule has 0 unspecified atom stereocenters. The van der Waals surface area contributed by atoms with Gasteiger partial charge >= 0.3 is 0 Å². The first-order valence-electron chi connectivity index (χ1n) is 10.6. The van der Waals surface area contributed by atoms with E-state index in [4.69, 9.17) is 9.47 Å². The Balaban J connectivity index is 0. The Bertz CT molecular complexity index is 496. The van der Waals surface area contributed by atoms with E-state index < -0.39 is 0 Å². The van der Waals surface area contributed by atoms with Crippen molar-refractivity contribution in [2.24, 2.45) is 17.8 Å². The molecule has 0 saturated heterocycles. The molecule has 1 aliphatic carbocycles. The lowest BCUT2D eigenvalue weighted by atomic mass is 9.80. The van der Waals surface area contributed by atoms with Crippen LogP contribution in [0.2, 0.25) is 0 Å². The zero-order valence-corrected chi connectivity index (χ0v) is 17.9. The third-order valence-corrected chi connectivity index (χ3v) is 4.98. The molecule has 1 saturated carbocycles. The van der Waals surface area contributed by atoms with Crippen LogP contribution < -0.4 is 10.6 Å². The SMILES string of the molecule is CC(C)C(=O)NCCOCCOCCC(=O)NC1CCC(C(=O)C(C)C)CC1.[HH].[HH]. The van der Waals surface area contributed by atoms with E-state index in [0.29, 0.717) is 45.2 Å². The Morgan fingerprint density at radius 1 is 0.893 bits per heavy atom. The zero-order valence-electron chi connectivity index (χ0n) is 17.9. The molecule has 1 aliphatic rings. The quantitative estimate of drug-likeness (QED) is 0.462. The molecule has 0 heterocycles. The fraction of sp³-hybridized carbons (Fsp3) is 0.857. The minimum Gasteiger partial charge on any atom is -0.379 e. The highest BCUT2D eigenvalue weighted by Crippen LogP contribution is 2.27. The van der Waals surface area contributed by atoms with Crippen molar-refractivity contribution in [2.75, 3.05) is 33.0 Å². The van der Waals surface area contributed by atoms with Crippen molar-refractivity contribution in [3.05, 3.63) is 0 Å². The minimum absolute atomic E-state index is 0. The van der Waals surface area contributed by atoms with Crippen LogP contribution in [-0.2, 0) is 23.9 Å². The first kappa shape index (κ1) is 24.6. The fourth-order valence-electron chi connectivity index (χ4n) is 3.23. The van der Waals surface area contributed by atoms with Gasteiger partial charge in [-0.2, -0.15) is 0 Å². The molecule has 1 rings (SSSR count). The molecule has 0 bridgehead atoms. The van der Waals surface area contributed by atoms with Gasteiger partial charge in [-0.05, 0) is 25.7 Å². The van der Waals surface area contributed by atoms with Gasteiger partial charge in [0, 0.05) is 39.6 Å². The van der Waals surface area contributed by atoms with Crippen LogP contribution in [0.1, 0.15) is 62.7 Å². The fourth-order valence-corrected chi connectivity index (χ4v) is 3.23. The van der Waals surface area contributed by atoms with Crippen molar-refractivity contribution in [3.8, 4) is 0 Å². The second kappa shape index (κ2) is 13.7. The van der Waals surface area contributed by atoms with Gasteiger partial charge in [0.1, 0.15) is 5.78 Å². The van der Waals surface area contributed by atoms with Gasteiger partial charge in [0.2, 0.25) is 11.8 Å². The molecule has 28 heavy (non-hydrogen) atoms. The summed E-state index contributed by atoms with van der Waals surface area (Å²) in [5.41, 5.74) is 0. The molecule has 0 aromatic rings. The summed E-state index contributed by atoms with van der Waals surface area (Å²) in [6.07, 6.45) is 3.81. The van der Waals surface area contributed by atoms with Gasteiger partial charge in [-0.1, -0.05) is 27.7 Å². The van der Waals surface area contributed by atoms with E-state index in [9.17, 15) is 14.4 Å². The summed E-state index contributed by atoms with van der Waals surface area (Å²) in [6.45, 7) is 9.76. The zero-order chi connectivity index (χ0) is 20.9. The third kappa shape index (κ3) is 10.2. The molecule has 0 radical (unpaired) electrons. The van der Waals surface area contributed by atoms with Crippen LogP contribution in [0.3, 0.4) is 0 Å². The Morgan fingerprint density at radius 2 is 1.50 bits per heavy atom. The second-order valence-corrected chi connectivity index (χ2v) is 8.09. The number of hydrogen-bond acceptors (Lipinski definition) is 5. The van der Waals surface area contributed by atoms with Crippen molar-refractivity contribution >= 4 is 17.6 Å². The lowest BCUT2D eigenvalue weighted by Gasteiger charge is -2.29. The highest BCUT2D eigenvalue weighted by molar-refractivity contribution is 5.83. The molecule has 7 heteroatoms. The van der Waals surface area contributed by atoms with E-state index in [1.54, 1.807) is 0 Å². The van der Waals surface area contributed by atoms with Gasteiger partial charge in [0.15, 0.2) is 0 Å². The molecule has 0 spiro atoms. The van der Waals surface area contributed by atoms with Gasteiger partial charge in [-0.25, -0.2) is 0 Å². The van der Waals surface area contributed by atoms with Crippen molar-refractivity contribution in [1.82, 2.24) is 10.6 Å². The van der Waals surface area contributed by atoms with Crippen LogP contribution in [0.5, 0.6) is 0 Å². The summed E-state index contributed by atoms with van der Waals surface area (Å²) in [5.74, 6) is 0.600. The molecule has 0 aromatic carbocycles. The standard InChI is InChI=1S/C21H38N2O5.2H2/c1-15(2)20(25)17-5-7-18(8-6-17)23-19(24)9-11-27-13-14-28-12-10-22-21(26)16(3)4;;/h15-18H,5-14H2,1-4H3,(H,22,26)(H,23,24);2*1H. The maximum Gasteiger partial charge on any atom is 0.222 e. The Morgan fingerprint density at radius 3 is 2.07 bits per heavy atom. The van der Waals surface area contributed by atoms with Crippen LogP contribution >= 0.6 is 0 Å². The number of carbonyl (C=O) groups is 3. The molecule has 0 atom stereocenters. The number of nitrogens with one attached hydrogen (secondary N) is 2. The van der Waals surface area contributed by atoms with Gasteiger partial charge in [-0.15, -0.1) is 0 Å². The largest absolute Gasteiger partial charge is 0.379 e. The van der Waals surface area contributed by atoms with E-state index in [1.807, 2.05) is 27.7 Å². The number of rotatable bonds is 13. The number of hydrogen-bond donors (Lipinski definition) is 2. The van der Waals surface area contributed by atoms with Crippen LogP contribution in [0.25, 0.3) is 0 Å². The van der Waals surface area contributed by atoms with E-state index in [0.717, 1.165) is 25.7 Å². The van der Waals surface area contributed by atoms with E-state index in [-0.39, 0.29) is 38.5 Å². The van der Waals surface area contributed by atoms with Crippen molar-refractivity contribution < 1.29 is 26.7 Å². The molecule has 166 valence electrons. The van der Waals surface area contributed by atoms with Gasteiger partial charge < -0.3 is 20.1 Å². The Hall–Kier alpha value is -1.47. The number of ether oxygens (including phenoxy) is 2. The lowest BCUT2D eigenvalue weighted by molar-refractivity contribution is -0.127. The molecule has 0 aromatic heterocycles. The highest BCUT2D eigenvalue weighted by atomic mass is 16.5. The average molecular weight is 403 g/mol. The molecule has 1 fully saturated rings. The monoisotopic (exact) mass is 402 g/mol. The molecular formula is C21H42N2O5. The van der Waals surface area contributed by atoms with Crippen LogP contribution in [0.4, 0.5) is 0 Å². The maximum absolute atomic E-state index is 12.0. The summed E-state index contributed by atoms with van der Waals surface area (Å²) in [7, 11) is 0. The van der Waals surface area contributed by atoms with Crippen LogP contribution in [0.15, 0.2) is 0 Å². The first-order valence-corrected chi connectivity index (χ1v) is 10.6. The smallest absolute Gasteiger partial charge is 0.222 e. The Kier molecular flexibility index (Phi) is 12.0. The predicted octanol–water partition coefficient (Wildman–Crippen LogP) is 2.57. The minimum atomic E-state index is -0.0213. The Labute approximate surface area is 172 Å². The molecule has 0 aliphatic heterocycles. The average Bonchev–Trinajstić information content (AvgIpc) is 2.66. The molecule has 7 nitrogen and oxygen atoms in total. The van der Waals surface area contributed by atoms with Crippen molar-refractivity contribution in [3.63, 3.8) is 0 Å². The molecule has 2 amide bonds. The van der Waals surface area contributed by atoms with Crippen molar-refractivity contribution in [1.29, 1.82) is 0 Å². The van der Waals surface area contributed by atoms with Crippen LogP contribution in [0, 0.1) is 17.8 Å². The van der Waals surface area contributed by atoms with Gasteiger partial charge in [-0.3, -0.25) is 14.4 Å². The molecular weight excluding hydrogens is 360 g/mol. The third-order valence-electron chi connectivity index (χ3n) is 4.98. The summed E-state index contributed by atoms with van der Waals surface area (Å²) in [5, 5.41) is 5.82. The normalized spacial score (nSPS) is 19.6. The van der Waals surface area contributed by atoms with E-state index in [2.05, 4.69) is 10.6 Å². The van der Waals surface area contributed by atoms with Crippen LogP contribution in [-0.4, -0.2) is 56.6 Å². The number of carbonyl (C=O) groups excluding carboxylic acids is 3. The first-order chi connectivity index (χ1) is 13.3. The summed E-state index contributed by atoms with van der Waals surface area (Å²) >= 11 is 0. The topological polar surface area (TPSA) is 93.7 Å². The molecule has 2 N–H and O–H groups in total. The van der Waals surface area contributed by atoms with Gasteiger partial charge in [0.05, 0.1) is 26.4 Å². The number of amides is 2. The van der Waals surface area contributed by atoms with E-state index in [1.165, 1.54) is 0 Å². The van der Waals surface area contributed by atoms with Gasteiger partial charge in [0.25, 0.3) is 0 Å². The number of ketones is 1. The van der Waals surface area contributed by atoms with Crippen molar-refractivity contribution in [2.45, 2.75) is 65.8 Å². The highest BCUT2D eigenvalue weighted by Gasteiger charge is 2.28. The summed E-state index contributed by atoms with van der Waals surface area (Å²) in [4.78, 5) is 35.4. The predicted molar refractivity (Wildman–Crippen MR) is 112 cm³/mol.